The Morgan fingerprint density at radius 2 is 2.06 bits per heavy atom. The third kappa shape index (κ3) is 3.66. The summed E-state index contributed by atoms with van der Waals surface area (Å²) in [7, 11) is 3.16. The van der Waals surface area contributed by atoms with Crippen molar-refractivity contribution in [2.75, 3.05) is 32.2 Å². The van der Waals surface area contributed by atoms with Gasteiger partial charge in [0.25, 0.3) is 0 Å². The molecule has 0 bridgehead atoms. The lowest BCUT2D eigenvalue weighted by Gasteiger charge is -2.26. The van der Waals surface area contributed by atoms with Crippen LogP contribution in [0, 0.1) is 5.82 Å². The van der Waals surface area contributed by atoms with E-state index < -0.39 is 18.0 Å². The molecule has 102 valence electrons. The quantitative estimate of drug-likeness (QED) is 0.807. The zero-order chi connectivity index (χ0) is 13.7. The van der Waals surface area contributed by atoms with Crippen LogP contribution in [0.4, 0.5) is 10.1 Å². The van der Waals surface area contributed by atoms with E-state index in [9.17, 15) is 14.6 Å². The van der Waals surface area contributed by atoms with Gasteiger partial charge in [-0.05, 0) is 13.0 Å². The van der Waals surface area contributed by atoms with E-state index >= 15 is 0 Å². The molecule has 2 unspecified atom stereocenters. The van der Waals surface area contributed by atoms with Gasteiger partial charge in [0.1, 0.15) is 5.82 Å². The maximum atomic E-state index is 13.8. The highest BCUT2D eigenvalue weighted by Gasteiger charge is 2.18. The number of para-hydroxylation sites is 1. The number of benzene rings is 1. The van der Waals surface area contributed by atoms with Crippen molar-refractivity contribution in [3.05, 3.63) is 29.6 Å². The van der Waals surface area contributed by atoms with Gasteiger partial charge in [0.15, 0.2) is 0 Å². The average molecular weight is 257 g/mol. The van der Waals surface area contributed by atoms with Crippen LogP contribution in [0.5, 0.6) is 0 Å². The number of aliphatic hydroxyl groups excluding tert-OH is 2. The molecule has 4 nitrogen and oxygen atoms in total. The van der Waals surface area contributed by atoms with E-state index in [0.29, 0.717) is 11.3 Å². The molecule has 0 heterocycles. The second-order valence-corrected chi connectivity index (χ2v) is 4.34. The number of methoxy groups -OCH3 is 1. The van der Waals surface area contributed by atoms with Crippen LogP contribution in [0.1, 0.15) is 18.6 Å². The van der Waals surface area contributed by atoms with Gasteiger partial charge >= 0.3 is 0 Å². The van der Waals surface area contributed by atoms with Crippen molar-refractivity contribution in [3.63, 3.8) is 0 Å². The second-order valence-electron chi connectivity index (χ2n) is 4.34. The summed E-state index contributed by atoms with van der Waals surface area (Å²) < 4.78 is 18.7. The lowest BCUT2D eigenvalue weighted by molar-refractivity contribution is 0.0693. The molecule has 0 aliphatic rings. The van der Waals surface area contributed by atoms with Crippen LogP contribution in [-0.4, -0.2) is 43.6 Å². The van der Waals surface area contributed by atoms with Crippen molar-refractivity contribution in [2.45, 2.75) is 19.1 Å². The molecule has 5 heteroatoms. The molecule has 0 saturated heterocycles. The van der Waals surface area contributed by atoms with E-state index in [-0.39, 0.29) is 13.2 Å². The van der Waals surface area contributed by atoms with Crippen molar-refractivity contribution < 1.29 is 19.3 Å². The first kappa shape index (κ1) is 14.9. The van der Waals surface area contributed by atoms with Crippen LogP contribution >= 0.6 is 0 Å². The maximum absolute atomic E-state index is 13.8. The molecular formula is C13H20FNO3. The van der Waals surface area contributed by atoms with E-state index in [4.69, 9.17) is 4.74 Å². The van der Waals surface area contributed by atoms with Crippen molar-refractivity contribution >= 4 is 5.69 Å². The number of ether oxygens (including phenoxy) is 1. The molecule has 1 rings (SSSR count). The number of nitrogens with zero attached hydrogens (tertiary/aromatic N) is 1. The predicted octanol–water partition coefficient (Wildman–Crippen LogP) is 1.32. The first-order valence-corrected chi connectivity index (χ1v) is 5.82. The molecule has 0 aliphatic carbocycles. The molecule has 0 radical (unpaired) electrons. The van der Waals surface area contributed by atoms with E-state index in [1.165, 1.54) is 13.2 Å². The lowest BCUT2D eigenvalue weighted by Crippen LogP contribution is -2.33. The maximum Gasteiger partial charge on any atom is 0.146 e. The van der Waals surface area contributed by atoms with Gasteiger partial charge in [0, 0.05) is 26.3 Å². The molecule has 1 aromatic rings. The van der Waals surface area contributed by atoms with Crippen LogP contribution in [0.25, 0.3) is 0 Å². The topological polar surface area (TPSA) is 52.9 Å². The summed E-state index contributed by atoms with van der Waals surface area (Å²) in [6.07, 6.45) is -1.47. The number of hydrogen-bond acceptors (Lipinski definition) is 4. The third-order valence-electron chi connectivity index (χ3n) is 2.69. The molecular weight excluding hydrogens is 237 g/mol. The predicted molar refractivity (Wildman–Crippen MR) is 68.2 cm³/mol. The normalized spacial score (nSPS) is 14.3. The van der Waals surface area contributed by atoms with Gasteiger partial charge in [-0.15, -0.1) is 0 Å². The first-order valence-electron chi connectivity index (χ1n) is 5.82. The Labute approximate surface area is 107 Å². The van der Waals surface area contributed by atoms with Gasteiger partial charge in [-0.25, -0.2) is 4.39 Å². The molecule has 1 aromatic carbocycles. The standard InChI is InChI=1S/C13H20FNO3/c1-9(16)11-5-4-6-12(14)13(11)15(2)7-10(17)8-18-3/h4-6,9-10,16-17H,7-8H2,1-3H3. The van der Waals surface area contributed by atoms with Crippen LogP contribution in [0.2, 0.25) is 0 Å². The van der Waals surface area contributed by atoms with Crippen molar-refractivity contribution in [2.24, 2.45) is 0 Å². The average Bonchev–Trinajstić information content (AvgIpc) is 2.28. The Hall–Kier alpha value is -1.17. The van der Waals surface area contributed by atoms with Gasteiger partial charge in [0.2, 0.25) is 0 Å². The SMILES string of the molecule is COCC(O)CN(C)c1c(F)cccc1C(C)O. The Morgan fingerprint density at radius 1 is 1.39 bits per heavy atom. The third-order valence-corrected chi connectivity index (χ3v) is 2.69. The highest BCUT2D eigenvalue weighted by Crippen LogP contribution is 2.28. The number of likely N-dealkylation sites (N-methyl/N-ethyl adjacent to an activating group) is 1. The van der Waals surface area contributed by atoms with Gasteiger partial charge < -0.3 is 19.8 Å². The number of aliphatic hydroxyl groups is 2. The lowest BCUT2D eigenvalue weighted by atomic mass is 10.1. The van der Waals surface area contributed by atoms with E-state index in [0.717, 1.165) is 0 Å². The van der Waals surface area contributed by atoms with Gasteiger partial charge in [-0.3, -0.25) is 0 Å². The zero-order valence-electron chi connectivity index (χ0n) is 10.9. The minimum Gasteiger partial charge on any atom is -0.389 e. The van der Waals surface area contributed by atoms with Gasteiger partial charge in [0.05, 0.1) is 24.5 Å². The molecule has 0 amide bonds. The van der Waals surface area contributed by atoms with Crippen molar-refractivity contribution in [3.8, 4) is 0 Å². The summed E-state index contributed by atoms with van der Waals surface area (Å²) in [6, 6.07) is 4.56. The van der Waals surface area contributed by atoms with Crippen LogP contribution in [0.3, 0.4) is 0 Å². The van der Waals surface area contributed by atoms with Crippen molar-refractivity contribution in [1.29, 1.82) is 0 Å². The summed E-state index contributed by atoms with van der Waals surface area (Å²) in [6.45, 7) is 2.00. The number of rotatable bonds is 6. The highest BCUT2D eigenvalue weighted by atomic mass is 19.1. The molecule has 0 aliphatic heterocycles. The van der Waals surface area contributed by atoms with E-state index in [2.05, 4.69) is 0 Å². The monoisotopic (exact) mass is 257 g/mol. The summed E-state index contributed by atoms with van der Waals surface area (Å²) in [5.41, 5.74) is 0.810. The molecule has 0 aromatic heterocycles. The number of hydrogen-bond donors (Lipinski definition) is 2. The van der Waals surface area contributed by atoms with Crippen LogP contribution in [0.15, 0.2) is 18.2 Å². The fraction of sp³-hybridized carbons (Fsp3) is 0.538. The summed E-state index contributed by atoms with van der Waals surface area (Å²) in [4.78, 5) is 1.58. The Balaban J connectivity index is 2.93. The molecule has 0 saturated carbocycles. The molecule has 0 spiro atoms. The van der Waals surface area contributed by atoms with Crippen molar-refractivity contribution in [1.82, 2.24) is 0 Å². The summed E-state index contributed by atoms with van der Waals surface area (Å²) in [5.74, 6) is -0.416. The number of anilines is 1. The Morgan fingerprint density at radius 3 is 2.61 bits per heavy atom. The molecule has 2 N–H and O–H groups in total. The molecule has 0 fully saturated rings. The van der Waals surface area contributed by atoms with Crippen LogP contribution < -0.4 is 4.90 Å². The Kier molecular flexibility index (Phi) is 5.53. The van der Waals surface area contributed by atoms with Gasteiger partial charge in [-0.1, -0.05) is 12.1 Å². The zero-order valence-corrected chi connectivity index (χ0v) is 10.9. The molecule has 2 atom stereocenters. The van der Waals surface area contributed by atoms with Crippen LogP contribution in [-0.2, 0) is 4.74 Å². The van der Waals surface area contributed by atoms with E-state index in [1.807, 2.05) is 0 Å². The highest BCUT2D eigenvalue weighted by molar-refractivity contribution is 5.55. The fourth-order valence-electron chi connectivity index (χ4n) is 1.92. The number of halogens is 1. The smallest absolute Gasteiger partial charge is 0.146 e. The summed E-state index contributed by atoms with van der Waals surface area (Å²) in [5, 5.41) is 19.3. The minimum atomic E-state index is -0.766. The van der Waals surface area contributed by atoms with E-state index in [1.54, 1.807) is 31.0 Å². The first-order chi connectivity index (χ1) is 8.47. The fourth-order valence-corrected chi connectivity index (χ4v) is 1.92. The van der Waals surface area contributed by atoms with Gasteiger partial charge in [-0.2, -0.15) is 0 Å². The second kappa shape index (κ2) is 6.68. The largest absolute Gasteiger partial charge is 0.389 e. The Bertz CT molecular complexity index is 384. The minimum absolute atomic E-state index is 0.183. The molecule has 18 heavy (non-hydrogen) atoms. The summed E-state index contributed by atoms with van der Waals surface area (Å²) >= 11 is 0.